The second-order valence-corrected chi connectivity index (χ2v) is 8.27. The van der Waals surface area contributed by atoms with Crippen LogP contribution in [0.25, 0.3) is 10.8 Å². The minimum atomic E-state index is -0.572. The number of rotatable bonds is 3. The van der Waals surface area contributed by atoms with Gasteiger partial charge in [0.2, 0.25) is 5.91 Å². The molecule has 2 amide bonds. The first-order valence-corrected chi connectivity index (χ1v) is 10.3. The molecule has 0 spiro atoms. The molecule has 2 N–H and O–H groups in total. The van der Waals surface area contributed by atoms with E-state index < -0.39 is 5.82 Å². The largest absolute Gasteiger partial charge is 0.356 e. The maximum atomic E-state index is 14.6. The highest BCUT2D eigenvalue weighted by Gasteiger charge is 2.39. The Kier molecular flexibility index (Phi) is 4.77. The summed E-state index contributed by atoms with van der Waals surface area (Å²) in [6, 6.07) is 11.6. The molecular weight excluding hydrogens is 399 g/mol. The van der Waals surface area contributed by atoms with Gasteiger partial charge in [0.25, 0.3) is 11.5 Å². The van der Waals surface area contributed by atoms with E-state index >= 15 is 0 Å². The Morgan fingerprint density at radius 2 is 1.87 bits per heavy atom. The molecule has 2 aliphatic heterocycles. The first-order valence-electron chi connectivity index (χ1n) is 10.3. The quantitative estimate of drug-likeness (QED) is 0.676. The molecule has 7 nitrogen and oxygen atoms in total. The van der Waals surface area contributed by atoms with Gasteiger partial charge in [0, 0.05) is 37.9 Å². The van der Waals surface area contributed by atoms with Crippen molar-refractivity contribution >= 4 is 22.6 Å². The fourth-order valence-electron chi connectivity index (χ4n) is 4.64. The maximum Gasteiger partial charge on any atom is 0.272 e. The lowest BCUT2D eigenvalue weighted by Crippen LogP contribution is -2.40. The Morgan fingerprint density at radius 1 is 1.10 bits per heavy atom. The van der Waals surface area contributed by atoms with Gasteiger partial charge in [-0.2, -0.15) is 5.10 Å². The molecule has 0 saturated carbocycles. The van der Waals surface area contributed by atoms with Gasteiger partial charge in [-0.3, -0.25) is 14.4 Å². The summed E-state index contributed by atoms with van der Waals surface area (Å²) in [5, 5.41) is 10.8. The summed E-state index contributed by atoms with van der Waals surface area (Å²) in [5.41, 5.74) is 1.13. The molecule has 5 rings (SSSR count). The molecule has 0 aliphatic carbocycles. The van der Waals surface area contributed by atoms with Crippen molar-refractivity contribution in [2.75, 3.05) is 19.6 Å². The Labute approximate surface area is 177 Å². The first kappa shape index (κ1) is 19.4. The van der Waals surface area contributed by atoms with Gasteiger partial charge in [0.05, 0.1) is 16.6 Å². The zero-order valence-corrected chi connectivity index (χ0v) is 16.7. The molecule has 8 heteroatoms. The van der Waals surface area contributed by atoms with Crippen LogP contribution in [-0.4, -0.2) is 46.5 Å². The second kappa shape index (κ2) is 7.61. The average molecular weight is 420 g/mol. The van der Waals surface area contributed by atoms with E-state index in [1.54, 1.807) is 29.2 Å². The van der Waals surface area contributed by atoms with Crippen molar-refractivity contribution in [2.45, 2.75) is 12.8 Å². The highest BCUT2D eigenvalue weighted by molar-refractivity contribution is 5.95. The highest BCUT2D eigenvalue weighted by atomic mass is 19.1. The van der Waals surface area contributed by atoms with Crippen molar-refractivity contribution in [3.05, 3.63) is 75.5 Å². The van der Waals surface area contributed by atoms with E-state index in [0.29, 0.717) is 43.6 Å². The zero-order valence-electron chi connectivity index (χ0n) is 16.7. The molecule has 158 valence electrons. The number of aromatic nitrogens is 2. The Morgan fingerprint density at radius 3 is 2.71 bits per heavy atom. The Balaban J connectivity index is 1.41. The average Bonchev–Trinajstić information content (AvgIpc) is 3.20. The fraction of sp³-hybridized carbons (Fsp3) is 0.304. The number of aromatic amines is 1. The predicted molar refractivity (Wildman–Crippen MR) is 112 cm³/mol. The second-order valence-electron chi connectivity index (χ2n) is 8.27. The zero-order chi connectivity index (χ0) is 21.5. The lowest BCUT2D eigenvalue weighted by molar-refractivity contribution is -0.124. The minimum absolute atomic E-state index is 0.00403. The standard InChI is InChI=1S/C23H21FN4O3/c24-19-6-5-13(8-20-16-3-1-2-4-17(16)22(30)27-26-20)7-18(19)23(31)28-11-14-9-21(29)25-10-15(14)12-28/h1-7,14-15H,8-12H2,(H,25,29)(H,27,30). The van der Waals surface area contributed by atoms with Gasteiger partial charge in [0.15, 0.2) is 0 Å². The number of carbonyl (C=O) groups is 2. The summed E-state index contributed by atoms with van der Waals surface area (Å²) >= 11 is 0. The third kappa shape index (κ3) is 3.58. The van der Waals surface area contributed by atoms with Crippen LogP contribution in [0.3, 0.4) is 0 Å². The predicted octanol–water partition coefficient (Wildman–Crippen LogP) is 1.86. The molecule has 3 heterocycles. The number of piperidine rings is 1. The van der Waals surface area contributed by atoms with Crippen molar-refractivity contribution in [1.82, 2.24) is 20.4 Å². The normalized spacial score (nSPS) is 20.5. The Hall–Kier alpha value is -3.55. The number of fused-ring (bicyclic) bond motifs is 2. The Bertz CT molecular complexity index is 1260. The molecular formula is C23H21FN4O3. The lowest BCUT2D eigenvalue weighted by Gasteiger charge is -2.23. The summed E-state index contributed by atoms with van der Waals surface area (Å²) in [7, 11) is 0. The number of nitrogens with one attached hydrogen (secondary N) is 2. The molecule has 3 aromatic rings. The van der Waals surface area contributed by atoms with Crippen molar-refractivity contribution < 1.29 is 14.0 Å². The monoisotopic (exact) mass is 420 g/mol. The van der Waals surface area contributed by atoms with Gasteiger partial charge in [-0.25, -0.2) is 9.49 Å². The summed E-state index contributed by atoms with van der Waals surface area (Å²) < 4.78 is 14.6. The number of hydrogen-bond donors (Lipinski definition) is 2. The third-order valence-electron chi connectivity index (χ3n) is 6.28. The number of halogens is 1. The van der Waals surface area contributed by atoms with Crippen LogP contribution in [0.15, 0.2) is 47.3 Å². The van der Waals surface area contributed by atoms with Crippen LogP contribution in [0.5, 0.6) is 0 Å². The maximum absolute atomic E-state index is 14.6. The summed E-state index contributed by atoms with van der Waals surface area (Å²) in [4.78, 5) is 38.4. The van der Waals surface area contributed by atoms with E-state index in [0.717, 1.165) is 10.9 Å². The van der Waals surface area contributed by atoms with E-state index in [1.165, 1.54) is 6.07 Å². The van der Waals surface area contributed by atoms with Gasteiger partial charge >= 0.3 is 0 Å². The molecule has 0 bridgehead atoms. The number of benzene rings is 2. The van der Waals surface area contributed by atoms with E-state index in [-0.39, 0.29) is 34.8 Å². The van der Waals surface area contributed by atoms with Crippen LogP contribution in [0.4, 0.5) is 4.39 Å². The molecule has 2 aliphatic rings. The lowest BCUT2D eigenvalue weighted by atomic mass is 9.89. The fourth-order valence-corrected chi connectivity index (χ4v) is 4.64. The van der Waals surface area contributed by atoms with Crippen LogP contribution in [-0.2, 0) is 11.2 Å². The van der Waals surface area contributed by atoms with Crippen molar-refractivity contribution in [1.29, 1.82) is 0 Å². The smallest absolute Gasteiger partial charge is 0.272 e. The molecule has 2 aromatic carbocycles. The van der Waals surface area contributed by atoms with Crippen LogP contribution in [0.1, 0.15) is 28.0 Å². The summed E-state index contributed by atoms with van der Waals surface area (Å²) in [6.07, 6.45) is 0.753. The van der Waals surface area contributed by atoms with Crippen molar-refractivity contribution in [3.8, 4) is 0 Å². The molecule has 2 unspecified atom stereocenters. The van der Waals surface area contributed by atoms with Crippen molar-refractivity contribution in [3.63, 3.8) is 0 Å². The van der Waals surface area contributed by atoms with E-state index in [1.807, 2.05) is 12.1 Å². The number of H-pyrrole nitrogens is 1. The van der Waals surface area contributed by atoms with E-state index in [4.69, 9.17) is 0 Å². The topological polar surface area (TPSA) is 95.2 Å². The number of hydrogen-bond acceptors (Lipinski definition) is 4. The highest BCUT2D eigenvalue weighted by Crippen LogP contribution is 2.30. The number of amides is 2. The SMILES string of the molecule is O=C1CC2CN(C(=O)c3cc(Cc4n[nH]c(=O)c5ccccc45)ccc3F)CC2CN1. The summed E-state index contributed by atoms with van der Waals surface area (Å²) in [6.45, 7) is 1.53. The molecule has 2 saturated heterocycles. The van der Waals surface area contributed by atoms with Gasteiger partial charge in [-0.1, -0.05) is 24.3 Å². The molecule has 2 atom stereocenters. The third-order valence-corrected chi connectivity index (χ3v) is 6.28. The summed E-state index contributed by atoms with van der Waals surface area (Å²) in [5.74, 6) is -0.591. The van der Waals surface area contributed by atoms with Crippen LogP contribution >= 0.6 is 0 Å². The van der Waals surface area contributed by atoms with Crippen LogP contribution in [0, 0.1) is 17.7 Å². The van der Waals surface area contributed by atoms with Gasteiger partial charge in [-0.05, 0) is 35.6 Å². The van der Waals surface area contributed by atoms with Gasteiger partial charge < -0.3 is 10.2 Å². The van der Waals surface area contributed by atoms with Gasteiger partial charge in [-0.15, -0.1) is 0 Å². The molecule has 1 aromatic heterocycles. The number of carbonyl (C=O) groups excluding carboxylic acids is 2. The number of likely N-dealkylation sites (tertiary alicyclic amines) is 1. The van der Waals surface area contributed by atoms with Crippen LogP contribution in [0.2, 0.25) is 0 Å². The van der Waals surface area contributed by atoms with Crippen LogP contribution < -0.4 is 10.9 Å². The number of nitrogens with zero attached hydrogens (tertiary/aromatic N) is 2. The molecule has 2 fully saturated rings. The molecule has 0 radical (unpaired) electrons. The van der Waals surface area contributed by atoms with E-state index in [9.17, 15) is 18.8 Å². The first-order chi connectivity index (χ1) is 15.0. The van der Waals surface area contributed by atoms with E-state index in [2.05, 4.69) is 15.5 Å². The molecule has 31 heavy (non-hydrogen) atoms. The minimum Gasteiger partial charge on any atom is -0.356 e. The van der Waals surface area contributed by atoms with Gasteiger partial charge in [0.1, 0.15) is 5.82 Å². The van der Waals surface area contributed by atoms with Crippen molar-refractivity contribution in [2.24, 2.45) is 11.8 Å².